The van der Waals surface area contributed by atoms with Gasteiger partial charge in [-0.25, -0.2) is 8.78 Å². The van der Waals surface area contributed by atoms with E-state index in [0.717, 1.165) is 43.1 Å². The third-order valence-electron chi connectivity index (χ3n) is 8.22. The Hall–Kier alpha value is -3.62. The third kappa shape index (κ3) is 6.08. The van der Waals surface area contributed by atoms with Gasteiger partial charge in [-0.05, 0) is 48.1 Å². The molecule has 210 valence electrons. The zero-order chi connectivity index (χ0) is 28.2. The van der Waals surface area contributed by atoms with Gasteiger partial charge in [0, 0.05) is 33.1 Å². The molecule has 0 aliphatic carbocycles. The minimum atomic E-state index is -0.983. The normalized spacial score (nSPS) is 21.3. The highest BCUT2D eigenvalue weighted by Gasteiger charge is 2.43. The van der Waals surface area contributed by atoms with Crippen LogP contribution >= 0.6 is 0 Å². The van der Waals surface area contributed by atoms with Crippen molar-refractivity contribution in [3.63, 3.8) is 0 Å². The second kappa shape index (κ2) is 11.9. The fourth-order valence-corrected chi connectivity index (χ4v) is 6.01. The van der Waals surface area contributed by atoms with E-state index in [1.165, 1.54) is 6.07 Å². The molecule has 1 unspecified atom stereocenters. The Morgan fingerprint density at radius 2 is 1.60 bits per heavy atom. The maximum Gasteiger partial charge on any atom is 0.249 e. The van der Waals surface area contributed by atoms with Gasteiger partial charge in [-0.2, -0.15) is 0 Å². The number of benzene rings is 3. The molecule has 0 bridgehead atoms. The number of rotatable bonds is 8. The van der Waals surface area contributed by atoms with Gasteiger partial charge in [0.25, 0.3) is 0 Å². The number of nitrogens with one attached hydrogen (secondary N) is 1. The van der Waals surface area contributed by atoms with Gasteiger partial charge in [-0.15, -0.1) is 0 Å². The zero-order valence-electron chi connectivity index (χ0n) is 22.7. The van der Waals surface area contributed by atoms with E-state index in [-0.39, 0.29) is 25.0 Å². The molecule has 0 saturated carbocycles. The summed E-state index contributed by atoms with van der Waals surface area (Å²) < 4.78 is 34.5. The van der Waals surface area contributed by atoms with E-state index in [0.29, 0.717) is 25.1 Å². The van der Waals surface area contributed by atoms with Gasteiger partial charge in [0.1, 0.15) is 12.2 Å². The lowest BCUT2D eigenvalue weighted by molar-refractivity contribution is -0.169. The first-order valence-corrected chi connectivity index (χ1v) is 13.8. The van der Waals surface area contributed by atoms with E-state index in [4.69, 9.17) is 4.74 Å². The summed E-state index contributed by atoms with van der Waals surface area (Å²) in [5, 5.41) is 3.20. The summed E-state index contributed by atoms with van der Waals surface area (Å²) in [6, 6.07) is 23.6. The molecule has 6 nitrogen and oxygen atoms in total. The predicted octanol–water partition coefficient (Wildman–Crippen LogP) is 4.74. The van der Waals surface area contributed by atoms with Crippen molar-refractivity contribution in [3.8, 4) is 0 Å². The number of nitrogens with zero attached hydrogens (tertiary/aromatic N) is 2. The number of amides is 2. The van der Waals surface area contributed by atoms with Crippen LogP contribution in [0.2, 0.25) is 0 Å². The van der Waals surface area contributed by atoms with Crippen LogP contribution in [0, 0.1) is 11.6 Å². The van der Waals surface area contributed by atoms with E-state index < -0.39 is 22.8 Å². The lowest BCUT2D eigenvalue weighted by Crippen LogP contribution is -2.55. The monoisotopic (exact) mass is 547 g/mol. The van der Waals surface area contributed by atoms with Crippen LogP contribution in [-0.2, 0) is 32.0 Å². The molecule has 2 aliphatic rings. The Bertz CT molecular complexity index is 1330. The Kier molecular flexibility index (Phi) is 8.28. The molecule has 0 spiro atoms. The van der Waals surface area contributed by atoms with Crippen LogP contribution in [0.1, 0.15) is 42.9 Å². The minimum absolute atomic E-state index is 0.0617. The molecule has 1 N–H and O–H groups in total. The van der Waals surface area contributed by atoms with Crippen molar-refractivity contribution >= 4 is 11.8 Å². The molecule has 2 amide bonds. The van der Waals surface area contributed by atoms with Gasteiger partial charge in [-0.3, -0.25) is 9.59 Å². The SMILES string of the molecule is CC(=O)NC1(c2ccccc2)CCN(CCC2(c3ccc(F)c(F)c3)CN(Cc3ccccc3)C(=O)CO2)CC1. The van der Waals surface area contributed by atoms with E-state index in [1.54, 1.807) is 17.9 Å². The summed E-state index contributed by atoms with van der Waals surface area (Å²) >= 11 is 0. The first kappa shape index (κ1) is 27.9. The molecule has 1 atom stereocenters. The highest BCUT2D eigenvalue weighted by Crippen LogP contribution is 2.37. The largest absolute Gasteiger partial charge is 0.359 e. The number of halogens is 2. The van der Waals surface area contributed by atoms with Crippen molar-refractivity contribution in [2.75, 3.05) is 32.8 Å². The average Bonchev–Trinajstić information content (AvgIpc) is 2.96. The van der Waals surface area contributed by atoms with Crippen molar-refractivity contribution in [1.82, 2.24) is 15.1 Å². The maximum atomic E-state index is 14.4. The van der Waals surface area contributed by atoms with Crippen LogP contribution < -0.4 is 5.32 Å². The Balaban J connectivity index is 1.34. The quantitative estimate of drug-likeness (QED) is 0.443. The van der Waals surface area contributed by atoms with Crippen LogP contribution in [0.25, 0.3) is 0 Å². The Labute approximate surface area is 233 Å². The smallest absolute Gasteiger partial charge is 0.249 e. The van der Waals surface area contributed by atoms with E-state index >= 15 is 0 Å². The van der Waals surface area contributed by atoms with E-state index in [1.807, 2.05) is 48.5 Å². The highest BCUT2D eigenvalue weighted by atomic mass is 19.2. The molecule has 0 radical (unpaired) electrons. The van der Waals surface area contributed by atoms with Crippen molar-refractivity contribution in [2.45, 2.75) is 43.9 Å². The van der Waals surface area contributed by atoms with Gasteiger partial charge in [0.05, 0.1) is 12.1 Å². The second-order valence-electron chi connectivity index (χ2n) is 10.9. The van der Waals surface area contributed by atoms with Crippen molar-refractivity contribution in [3.05, 3.63) is 107 Å². The first-order chi connectivity index (χ1) is 19.3. The number of hydrogen-bond acceptors (Lipinski definition) is 4. The van der Waals surface area contributed by atoms with Crippen molar-refractivity contribution in [2.24, 2.45) is 0 Å². The molecule has 2 aliphatic heterocycles. The van der Waals surface area contributed by atoms with Crippen molar-refractivity contribution < 1.29 is 23.1 Å². The Morgan fingerprint density at radius 3 is 2.25 bits per heavy atom. The summed E-state index contributed by atoms with van der Waals surface area (Å²) in [4.78, 5) is 29.0. The maximum absolute atomic E-state index is 14.4. The van der Waals surface area contributed by atoms with Gasteiger partial charge in [-0.1, -0.05) is 66.7 Å². The van der Waals surface area contributed by atoms with Crippen molar-refractivity contribution in [1.29, 1.82) is 0 Å². The van der Waals surface area contributed by atoms with Gasteiger partial charge in [0.2, 0.25) is 11.8 Å². The van der Waals surface area contributed by atoms with Crippen LogP contribution in [0.15, 0.2) is 78.9 Å². The fraction of sp³-hybridized carbons (Fsp3) is 0.375. The number of carbonyl (C=O) groups is 2. The number of carbonyl (C=O) groups excluding carboxylic acids is 2. The molecule has 40 heavy (non-hydrogen) atoms. The minimum Gasteiger partial charge on any atom is -0.359 e. The molecule has 3 aromatic carbocycles. The van der Waals surface area contributed by atoms with Crippen LogP contribution in [0.3, 0.4) is 0 Å². The number of morpholine rings is 1. The van der Waals surface area contributed by atoms with Crippen LogP contribution in [0.4, 0.5) is 8.78 Å². The molecule has 2 fully saturated rings. The fourth-order valence-electron chi connectivity index (χ4n) is 6.01. The van der Waals surface area contributed by atoms with Gasteiger partial charge < -0.3 is 19.9 Å². The summed E-state index contributed by atoms with van der Waals surface area (Å²) in [5.41, 5.74) is 1.19. The van der Waals surface area contributed by atoms with E-state index in [9.17, 15) is 18.4 Å². The zero-order valence-corrected chi connectivity index (χ0v) is 22.7. The van der Waals surface area contributed by atoms with Gasteiger partial charge in [0.15, 0.2) is 11.6 Å². The van der Waals surface area contributed by atoms with Crippen LogP contribution in [-0.4, -0.2) is 54.4 Å². The summed E-state index contributed by atoms with van der Waals surface area (Å²) in [6.45, 7) is 4.19. The molecule has 8 heteroatoms. The molecule has 2 saturated heterocycles. The topological polar surface area (TPSA) is 61.9 Å². The lowest BCUT2D eigenvalue weighted by Gasteiger charge is -2.46. The number of likely N-dealkylation sites (tertiary alicyclic amines) is 1. The predicted molar refractivity (Wildman–Crippen MR) is 148 cm³/mol. The molecule has 2 heterocycles. The lowest BCUT2D eigenvalue weighted by atomic mass is 9.80. The number of ether oxygens (including phenoxy) is 1. The van der Waals surface area contributed by atoms with Gasteiger partial charge >= 0.3 is 0 Å². The highest BCUT2D eigenvalue weighted by molar-refractivity contribution is 5.78. The molecule has 0 aromatic heterocycles. The molecule has 3 aromatic rings. The molecular weight excluding hydrogens is 512 g/mol. The average molecular weight is 548 g/mol. The number of piperidine rings is 1. The molecule has 5 rings (SSSR count). The summed E-state index contributed by atoms with van der Waals surface area (Å²) in [7, 11) is 0. The summed E-state index contributed by atoms with van der Waals surface area (Å²) in [5.74, 6) is -2.05. The standard InChI is InChI=1S/C32H35F2N3O3/c1-24(38)35-31(26-10-6-3-7-11-26)14-17-36(18-15-31)19-16-32(27-12-13-28(33)29(34)20-27)23-37(30(39)22-40-32)21-25-8-4-2-5-9-25/h2-13,20H,14-19,21-23H2,1H3,(H,35,38). The van der Waals surface area contributed by atoms with Crippen LogP contribution in [0.5, 0.6) is 0 Å². The second-order valence-corrected chi connectivity index (χ2v) is 10.9. The molecular formula is C32H35F2N3O3. The first-order valence-electron chi connectivity index (χ1n) is 13.8. The third-order valence-corrected chi connectivity index (χ3v) is 8.22. The Morgan fingerprint density at radius 1 is 0.925 bits per heavy atom. The summed E-state index contributed by atoms with van der Waals surface area (Å²) in [6.07, 6.45) is 1.98. The van der Waals surface area contributed by atoms with E-state index in [2.05, 4.69) is 22.3 Å². The number of hydrogen-bond donors (Lipinski definition) is 1.